The summed E-state index contributed by atoms with van der Waals surface area (Å²) in [6, 6.07) is 10.3. The number of likely N-dealkylation sites (tertiary alicyclic amines) is 1. The van der Waals surface area contributed by atoms with Crippen molar-refractivity contribution in [1.29, 1.82) is 0 Å². The zero-order chi connectivity index (χ0) is 29.2. The van der Waals surface area contributed by atoms with Gasteiger partial charge in [0.1, 0.15) is 5.76 Å². The van der Waals surface area contributed by atoms with E-state index in [4.69, 9.17) is 10.2 Å². The molecule has 3 aliphatic carbocycles. The highest BCUT2D eigenvalue weighted by Crippen LogP contribution is 2.74. The predicted octanol–water partition coefficient (Wildman–Crippen LogP) is 5.74. The monoisotopic (exact) mass is 567 g/mol. The molecule has 0 radical (unpaired) electrons. The third-order valence-corrected chi connectivity index (χ3v) is 9.50. The number of anilines is 2. The number of benzene rings is 2. The Labute approximate surface area is 237 Å². The molecule has 3 N–H and O–H groups in total. The van der Waals surface area contributed by atoms with E-state index < -0.39 is 17.6 Å². The Morgan fingerprint density at radius 3 is 2.44 bits per heavy atom. The lowest BCUT2D eigenvalue weighted by Gasteiger charge is -2.70. The molecule has 10 heteroatoms. The van der Waals surface area contributed by atoms with Gasteiger partial charge in [-0.05, 0) is 113 Å². The number of nitrogens with one attached hydrogen (secondary N) is 1. The van der Waals surface area contributed by atoms with E-state index in [2.05, 4.69) is 20.1 Å². The number of piperidine rings is 1. The van der Waals surface area contributed by atoms with E-state index in [0.717, 1.165) is 68.1 Å². The third kappa shape index (κ3) is 5.01. The minimum atomic E-state index is -4.52. The second-order valence-corrected chi connectivity index (χ2v) is 12.5. The van der Waals surface area contributed by atoms with Crippen LogP contribution in [0.4, 0.5) is 24.9 Å². The Morgan fingerprint density at radius 1 is 1.12 bits per heavy atom. The molecule has 0 atom stereocenters. The van der Waals surface area contributed by atoms with Gasteiger partial charge in [0.15, 0.2) is 0 Å². The molecule has 1 amide bonds. The van der Waals surface area contributed by atoms with E-state index in [9.17, 15) is 18.0 Å². The minimum Gasteiger partial charge on any atom is -0.428 e. The van der Waals surface area contributed by atoms with Gasteiger partial charge in [0, 0.05) is 29.3 Å². The molecule has 4 aliphatic rings. The fourth-order valence-corrected chi connectivity index (χ4v) is 7.30. The molecular weight excluding hydrogens is 531 g/mol. The van der Waals surface area contributed by atoms with Crippen LogP contribution in [0.25, 0.3) is 0 Å². The predicted molar refractivity (Wildman–Crippen MR) is 151 cm³/mol. The van der Waals surface area contributed by atoms with E-state index >= 15 is 0 Å². The highest BCUT2D eigenvalue weighted by molar-refractivity contribution is 6.04. The highest BCUT2D eigenvalue weighted by atomic mass is 19.4. The molecule has 7 rings (SSSR count). The van der Waals surface area contributed by atoms with Crippen LogP contribution >= 0.6 is 0 Å². The van der Waals surface area contributed by atoms with E-state index in [-0.39, 0.29) is 34.6 Å². The third-order valence-electron chi connectivity index (χ3n) is 9.50. The molecule has 7 nitrogen and oxygen atoms in total. The number of halogens is 3. The van der Waals surface area contributed by atoms with Gasteiger partial charge in [-0.1, -0.05) is 12.1 Å². The number of alkyl halides is 3. The summed E-state index contributed by atoms with van der Waals surface area (Å²) in [5, 5.41) is 2.71. The van der Waals surface area contributed by atoms with Gasteiger partial charge < -0.3 is 20.4 Å². The minimum absolute atomic E-state index is 0.0337. The lowest BCUT2D eigenvalue weighted by atomic mass is 9.32. The van der Waals surface area contributed by atoms with Gasteiger partial charge >= 0.3 is 6.18 Å². The maximum absolute atomic E-state index is 14.1. The fourth-order valence-electron chi connectivity index (χ4n) is 7.30. The number of hydrogen-bond acceptors (Lipinski definition) is 6. The zero-order valence-electron chi connectivity index (χ0n) is 23.6. The maximum atomic E-state index is 14.1. The zero-order valence-corrected chi connectivity index (χ0v) is 23.6. The molecule has 41 heavy (non-hydrogen) atoms. The van der Waals surface area contributed by atoms with Crippen LogP contribution in [0, 0.1) is 6.92 Å². The molecule has 4 fully saturated rings. The molecule has 2 heterocycles. The van der Waals surface area contributed by atoms with Gasteiger partial charge in [-0.3, -0.25) is 9.69 Å². The van der Waals surface area contributed by atoms with Crippen LogP contribution in [0.2, 0.25) is 0 Å². The Balaban J connectivity index is 1.16. The summed E-state index contributed by atoms with van der Waals surface area (Å²) < 4.78 is 47.8. The van der Waals surface area contributed by atoms with Gasteiger partial charge in [0.2, 0.25) is 0 Å². The van der Waals surface area contributed by atoms with Crippen LogP contribution < -0.4 is 11.1 Å². The summed E-state index contributed by atoms with van der Waals surface area (Å²) in [7, 11) is 4.07. The first-order valence-electron chi connectivity index (χ1n) is 14.1. The standard InChI is InChI=1S/C31H36F3N5O2/c1-19-4-5-20(12-24(19)29-16-30(17-29,18-29)26-14-36-28(35)41-26)27(40)37-22-7-6-21(25(13-22)31(32,33)34)15-39-10-8-23(9-11-39)38(2)3/h4-7,12-14,23H,8-11,15-18H2,1-3H3,(H2,35,36)(H,37,40). The number of nitrogen functional groups attached to an aromatic ring is 1. The Bertz CT molecular complexity index is 1450. The molecular formula is C31H36F3N5O2. The highest BCUT2D eigenvalue weighted by Gasteiger charge is 2.70. The fraction of sp³-hybridized carbons (Fsp3) is 0.484. The number of carbonyl (C=O) groups excluding carboxylic acids is 1. The molecule has 3 saturated carbocycles. The number of oxazole rings is 1. The molecule has 3 aromatic rings. The van der Waals surface area contributed by atoms with Gasteiger partial charge in [-0.25, -0.2) is 4.98 Å². The van der Waals surface area contributed by atoms with Crippen LogP contribution in [-0.4, -0.2) is 53.9 Å². The average molecular weight is 568 g/mol. The van der Waals surface area contributed by atoms with Crippen molar-refractivity contribution >= 4 is 17.6 Å². The number of rotatable bonds is 7. The van der Waals surface area contributed by atoms with Crippen molar-refractivity contribution in [1.82, 2.24) is 14.8 Å². The van der Waals surface area contributed by atoms with Crippen molar-refractivity contribution < 1.29 is 22.4 Å². The topological polar surface area (TPSA) is 87.6 Å². The SMILES string of the molecule is Cc1ccc(C(=O)Nc2ccc(CN3CCC(N(C)C)CC3)c(C(F)(F)F)c2)cc1C12CC(c3cnc(N)o3)(C1)C2. The molecule has 0 spiro atoms. The number of hydrogen-bond donors (Lipinski definition) is 2. The molecule has 1 aliphatic heterocycles. The van der Waals surface area contributed by atoms with Crippen LogP contribution in [0.1, 0.15) is 70.5 Å². The van der Waals surface area contributed by atoms with E-state index in [1.165, 1.54) is 6.07 Å². The Morgan fingerprint density at radius 2 is 1.83 bits per heavy atom. The molecule has 2 bridgehead atoms. The summed E-state index contributed by atoms with van der Waals surface area (Å²) >= 11 is 0. The first-order chi connectivity index (χ1) is 19.4. The molecule has 0 unspecified atom stereocenters. The van der Waals surface area contributed by atoms with E-state index in [1.807, 2.05) is 33.2 Å². The lowest BCUT2D eigenvalue weighted by Crippen LogP contribution is -2.67. The number of amides is 1. The maximum Gasteiger partial charge on any atom is 0.416 e. The summed E-state index contributed by atoms with van der Waals surface area (Å²) in [6.07, 6.45) is 1.71. The quantitative estimate of drug-likeness (QED) is 0.379. The number of nitrogens with zero attached hydrogens (tertiary/aromatic N) is 3. The number of carbonyl (C=O) groups is 1. The van der Waals surface area contributed by atoms with Crippen molar-refractivity contribution in [2.45, 2.75) is 68.6 Å². The van der Waals surface area contributed by atoms with Crippen molar-refractivity contribution in [3.05, 3.63) is 76.2 Å². The first kappa shape index (κ1) is 27.8. The lowest BCUT2D eigenvalue weighted by molar-refractivity contribution is -0.138. The Kier molecular flexibility index (Phi) is 6.69. The second kappa shape index (κ2) is 9.87. The van der Waals surface area contributed by atoms with E-state index in [0.29, 0.717) is 11.6 Å². The van der Waals surface area contributed by atoms with Crippen LogP contribution in [0.5, 0.6) is 0 Å². The molecule has 1 saturated heterocycles. The number of aryl methyl sites for hydroxylation is 1. The van der Waals surface area contributed by atoms with Crippen LogP contribution in [-0.2, 0) is 23.6 Å². The summed E-state index contributed by atoms with van der Waals surface area (Å²) in [6.45, 7) is 3.76. The second-order valence-electron chi connectivity index (χ2n) is 12.5. The van der Waals surface area contributed by atoms with Crippen molar-refractivity contribution in [2.75, 3.05) is 38.2 Å². The average Bonchev–Trinajstić information content (AvgIpc) is 3.30. The molecule has 1 aromatic heterocycles. The van der Waals surface area contributed by atoms with E-state index in [1.54, 1.807) is 18.3 Å². The summed E-state index contributed by atoms with van der Waals surface area (Å²) in [5.41, 5.74) is 7.85. The summed E-state index contributed by atoms with van der Waals surface area (Å²) in [4.78, 5) is 21.5. The van der Waals surface area contributed by atoms with Crippen molar-refractivity contribution in [2.24, 2.45) is 0 Å². The van der Waals surface area contributed by atoms with Gasteiger partial charge in [0.05, 0.1) is 11.8 Å². The van der Waals surface area contributed by atoms with Gasteiger partial charge in [-0.15, -0.1) is 0 Å². The van der Waals surface area contributed by atoms with Gasteiger partial charge in [-0.2, -0.15) is 13.2 Å². The molecule has 2 aromatic carbocycles. The number of aromatic nitrogens is 1. The van der Waals surface area contributed by atoms with Crippen LogP contribution in [0.15, 0.2) is 47.0 Å². The molecule has 218 valence electrons. The summed E-state index contributed by atoms with van der Waals surface area (Å²) in [5.74, 6) is 0.382. The van der Waals surface area contributed by atoms with Crippen molar-refractivity contribution in [3.63, 3.8) is 0 Å². The first-order valence-corrected chi connectivity index (χ1v) is 14.1. The van der Waals surface area contributed by atoms with Crippen molar-refractivity contribution in [3.8, 4) is 0 Å². The normalized spacial score (nSPS) is 24.7. The Hall–Kier alpha value is -3.37. The largest absolute Gasteiger partial charge is 0.428 e. The van der Waals surface area contributed by atoms with Crippen LogP contribution in [0.3, 0.4) is 0 Å². The smallest absolute Gasteiger partial charge is 0.416 e. The number of nitrogens with two attached hydrogens (primary N) is 1. The van der Waals surface area contributed by atoms with Gasteiger partial charge in [0.25, 0.3) is 11.9 Å².